The number of amides is 1. The summed E-state index contributed by atoms with van der Waals surface area (Å²) in [5, 5.41) is 0. The van der Waals surface area contributed by atoms with Crippen LogP contribution in [0.3, 0.4) is 0 Å². The molecule has 11 heteroatoms. The Morgan fingerprint density at radius 2 is 2.09 bits per heavy atom. The number of carbonyl (C=O) groups excluding carboxylic acids is 1. The molecule has 3 atom stereocenters. The zero-order valence-corrected chi connectivity index (χ0v) is 18.8. The second kappa shape index (κ2) is 9.92. The van der Waals surface area contributed by atoms with Crippen LogP contribution in [0.15, 0.2) is 42.9 Å². The molecule has 0 radical (unpaired) electrons. The molecule has 0 saturated carbocycles. The second-order valence-electron chi connectivity index (χ2n) is 7.97. The summed E-state index contributed by atoms with van der Waals surface area (Å²) in [4.78, 5) is 23.3. The molecule has 1 N–H and O–H groups in total. The monoisotopic (exact) mass is 478 g/mol. The van der Waals surface area contributed by atoms with Gasteiger partial charge < -0.3 is 14.2 Å². The maximum atomic E-state index is 13.4. The Labute approximate surface area is 191 Å². The van der Waals surface area contributed by atoms with Crippen LogP contribution in [0.4, 0.5) is 8.78 Å². The summed E-state index contributed by atoms with van der Waals surface area (Å²) in [7, 11) is 0. The summed E-state index contributed by atoms with van der Waals surface area (Å²) in [6.07, 6.45) is 2.50. The van der Waals surface area contributed by atoms with E-state index in [9.17, 15) is 17.8 Å². The Morgan fingerprint density at radius 3 is 2.85 bits per heavy atom. The van der Waals surface area contributed by atoms with Gasteiger partial charge in [0.25, 0.3) is 18.2 Å². The van der Waals surface area contributed by atoms with E-state index in [-0.39, 0.29) is 41.0 Å². The number of imidazole rings is 1. The number of aromatic nitrogens is 3. The van der Waals surface area contributed by atoms with Crippen LogP contribution in [0.2, 0.25) is 0 Å². The maximum absolute atomic E-state index is 13.4. The Balaban J connectivity index is 1.53. The largest absolute Gasteiger partial charge is 0.470 e. The Hall–Kier alpha value is -2.92. The lowest BCUT2D eigenvalue weighted by Crippen LogP contribution is -2.49. The van der Waals surface area contributed by atoms with Crippen molar-refractivity contribution in [3.05, 3.63) is 59.7 Å². The summed E-state index contributed by atoms with van der Waals surface area (Å²) in [6.45, 7) is 2.26. The molecule has 0 aliphatic carbocycles. The van der Waals surface area contributed by atoms with Crippen molar-refractivity contribution in [2.24, 2.45) is 0 Å². The Morgan fingerprint density at radius 1 is 1.30 bits per heavy atom. The van der Waals surface area contributed by atoms with Crippen molar-refractivity contribution in [3.63, 3.8) is 0 Å². The van der Waals surface area contributed by atoms with Gasteiger partial charge in [0, 0.05) is 24.0 Å². The minimum atomic E-state index is -2.68. The predicted octanol–water partition coefficient (Wildman–Crippen LogP) is 3.50. The molecule has 3 heterocycles. The number of halogens is 2. The third kappa shape index (κ3) is 5.03. The third-order valence-corrected chi connectivity index (χ3v) is 6.37. The average molecular weight is 479 g/mol. The first-order chi connectivity index (χ1) is 15.8. The number of ether oxygens (including phenoxy) is 1. The van der Waals surface area contributed by atoms with Crippen LogP contribution in [0.25, 0.3) is 5.65 Å². The molecule has 4 rings (SSSR count). The van der Waals surface area contributed by atoms with Gasteiger partial charge in [0.1, 0.15) is 11.8 Å². The van der Waals surface area contributed by atoms with Crippen molar-refractivity contribution < 1.29 is 27.1 Å². The van der Waals surface area contributed by atoms with E-state index >= 15 is 0 Å². The Kier molecular flexibility index (Phi) is 6.99. The van der Waals surface area contributed by atoms with E-state index in [2.05, 4.69) is 9.97 Å². The van der Waals surface area contributed by atoms with Crippen molar-refractivity contribution in [1.82, 2.24) is 19.3 Å². The van der Waals surface area contributed by atoms with Gasteiger partial charge in [-0.3, -0.25) is 9.20 Å². The average Bonchev–Trinajstić information content (AvgIpc) is 3.24. The molecule has 1 amide bonds. The van der Waals surface area contributed by atoms with E-state index in [0.717, 1.165) is 6.20 Å². The number of piperidine rings is 1. The summed E-state index contributed by atoms with van der Waals surface area (Å²) in [5.41, 5.74) is 1.16. The smallest absolute Gasteiger partial charge is 0.280 e. The number of alkyl halides is 2. The number of aryl methyl sites for hydroxylation is 1. The van der Waals surface area contributed by atoms with Gasteiger partial charge in [-0.25, -0.2) is 23.0 Å². The van der Waals surface area contributed by atoms with Gasteiger partial charge in [-0.15, -0.1) is 0 Å². The first-order valence-corrected chi connectivity index (χ1v) is 11.9. The minimum absolute atomic E-state index is 0.0296. The molecule has 1 unspecified atom stereocenters. The molecule has 1 aliphatic rings. The molecule has 1 aromatic carbocycles. The molecule has 2 aromatic heterocycles. The van der Waals surface area contributed by atoms with E-state index < -0.39 is 17.5 Å². The van der Waals surface area contributed by atoms with Crippen LogP contribution >= 0.6 is 0 Å². The SMILES string of the molecule is C[C@@H]1CC[C@@H](Oc2nccn3c(C(F)F)cnc23)CN1C(=O)c1ccccc1CCS(=O)O. The lowest BCUT2D eigenvalue weighted by Gasteiger charge is -2.38. The van der Waals surface area contributed by atoms with Crippen LogP contribution in [0.5, 0.6) is 5.88 Å². The quantitative estimate of drug-likeness (QED) is 0.522. The van der Waals surface area contributed by atoms with Crippen LogP contribution in [-0.2, 0) is 17.5 Å². The predicted molar refractivity (Wildman–Crippen MR) is 118 cm³/mol. The molecule has 0 spiro atoms. The zero-order valence-electron chi connectivity index (χ0n) is 17.9. The van der Waals surface area contributed by atoms with E-state index in [1.807, 2.05) is 6.92 Å². The van der Waals surface area contributed by atoms with Crippen molar-refractivity contribution in [1.29, 1.82) is 0 Å². The topological polar surface area (TPSA) is 97.0 Å². The molecule has 176 valence electrons. The molecular weight excluding hydrogens is 454 g/mol. The summed E-state index contributed by atoms with van der Waals surface area (Å²) in [6, 6.07) is 7.03. The van der Waals surface area contributed by atoms with Gasteiger partial charge >= 0.3 is 0 Å². The normalized spacial score (nSPS) is 19.7. The first kappa shape index (κ1) is 23.2. The molecule has 1 saturated heterocycles. The molecule has 3 aromatic rings. The van der Waals surface area contributed by atoms with Crippen molar-refractivity contribution in [3.8, 4) is 5.88 Å². The number of hydrogen-bond acceptors (Lipinski definition) is 5. The van der Waals surface area contributed by atoms with Gasteiger partial charge in [-0.1, -0.05) is 18.2 Å². The summed E-state index contributed by atoms with van der Waals surface area (Å²) in [5.74, 6) is 0.0101. The van der Waals surface area contributed by atoms with Crippen LogP contribution in [0.1, 0.15) is 47.8 Å². The van der Waals surface area contributed by atoms with Gasteiger partial charge in [-0.2, -0.15) is 0 Å². The fraction of sp³-hybridized carbons (Fsp3) is 0.409. The van der Waals surface area contributed by atoms with Crippen molar-refractivity contribution in [2.45, 2.75) is 44.8 Å². The highest BCUT2D eigenvalue weighted by molar-refractivity contribution is 7.79. The molecular formula is C22H24F2N4O4S. The highest BCUT2D eigenvalue weighted by Crippen LogP contribution is 2.27. The fourth-order valence-electron chi connectivity index (χ4n) is 4.07. The number of nitrogens with zero attached hydrogens (tertiary/aromatic N) is 4. The van der Waals surface area contributed by atoms with E-state index in [1.165, 1.54) is 16.8 Å². The number of benzene rings is 1. The van der Waals surface area contributed by atoms with Crippen LogP contribution in [-0.4, -0.2) is 58.4 Å². The molecule has 8 nitrogen and oxygen atoms in total. The van der Waals surface area contributed by atoms with Crippen molar-refractivity contribution in [2.75, 3.05) is 12.3 Å². The standard InChI is InChI=1S/C22H24F2N4O4S/c1-14-6-7-16(32-21-20-26-12-18(19(23)24)27(20)10-9-25-21)13-28(14)22(29)17-5-3-2-4-15(17)8-11-33(30)31/h2-5,9-10,12,14,16,19H,6-8,11,13H2,1H3,(H,30,31)/t14-,16-/m1/s1. The number of rotatable bonds is 7. The van der Waals surface area contributed by atoms with E-state index in [0.29, 0.717) is 36.9 Å². The maximum Gasteiger partial charge on any atom is 0.280 e. The molecule has 0 bridgehead atoms. The number of fused-ring (bicyclic) bond motifs is 1. The number of carbonyl (C=O) groups is 1. The summed E-state index contributed by atoms with van der Waals surface area (Å²) >= 11 is -1.95. The minimum Gasteiger partial charge on any atom is -0.470 e. The lowest BCUT2D eigenvalue weighted by molar-refractivity contribution is 0.0374. The van der Waals surface area contributed by atoms with Crippen LogP contribution in [0, 0.1) is 0 Å². The molecule has 1 fully saturated rings. The van der Waals surface area contributed by atoms with Crippen LogP contribution < -0.4 is 4.74 Å². The van der Waals surface area contributed by atoms with Crippen molar-refractivity contribution >= 4 is 22.6 Å². The number of hydrogen-bond donors (Lipinski definition) is 1. The second-order valence-corrected chi connectivity index (χ2v) is 9.02. The number of likely N-dealkylation sites (tertiary alicyclic amines) is 1. The van der Waals surface area contributed by atoms with E-state index in [1.54, 1.807) is 29.2 Å². The summed E-state index contributed by atoms with van der Waals surface area (Å²) < 4.78 is 53.9. The Bertz CT molecular complexity index is 1170. The highest BCUT2D eigenvalue weighted by Gasteiger charge is 2.32. The molecule has 1 aliphatic heterocycles. The fourth-order valence-corrected chi connectivity index (χ4v) is 4.46. The van der Waals surface area contributed by atoms with Gasteiger partial charge in [-0.05, 0) is 37.8 Å². The zero-order chi connectivity index (χ0) is 23.5. The van der Waals surface area contributed by atoms with Gasteiger partial charge in [0.2, 0.25) is 5.65 Å². The highest BCUT2D eigenvalue weighted by atomic mass is 32.2. The van der Waals surface area contributed by atoms with Gasteiger partial charge in [0.05, 0.1) is 18.5 Å². The first-order valence-electron chi connectivity index (χ1n) is 10.6. The third-order valence-electron chi connectivity index (χ3n) is 5.82. The molecule has 33 heavy (non-hydrogen) atoms. The van der Waals surface area contributed by atoms with Gasteiger partial charge in [0.15, 0.2) is 11.1 Å². The van der Waals surface area contributed by atoms with E-state index in [4.69, 9.17) is 9.29 Å². The lowest BCUT2D eigenvalue weighted by atomic mass is 9.98.